The van der Waals surface area contributed by atoms with Gasteiger partial charge in [0.2, 0.25) is 5.91 Å². The number of carbonyl (C=O) groups is 1. The minimum atomic E-state index is -4.34. The van der Waals surface area contributed by atoms with E-state index in [1.807, 2.05) is 27.2 Å². The Labute approximate surface area is 436 Å². The predicted octanol–water partition coefficient (Wildman–Crippen LogP) is 18.8. The van der Waals surface area contributed by atoms with Crippen molar-refractivity contribution < 1.29 is 32.9 Å². The van der Waals surface area contributed by atoms with Crippen LogP contribution in [0.1, 0.15) is 309 Å². The van der Waals surface area contributed by atoms with E-state index >= 15 is 0 Å². The Balaban J connectivity index is 3.75. The Bertz CT molecular complexity index is 1190. The molecule has 0 aliphatic carbocycles. The smallest absolute Gasteiger partial charge is 0.387 e. The summed E-state index contributed by atoms with van der Waals surface area (Å²) in [6.07, 6.45) is 67.8. The molecule has 0 heterocycles. The van der Waals surface area contributed by atoms with Crippen LogP contribution in [0.2, 0.25) is 0 Å². The summed E-state index contributed by atoms with van der Waals surface area (Å²) in [5, 5.41) is 13.8. The van der Waals surface area contributed by atoms with Crippen molar-refractivity contribution in [3.05, 3.63) is 24.3 Å². The molecule has 416 valence electrons. The third-order valence-electron chi connectivity index (χ3n) is 14.2. The molecule has 0 radical (unpaired) electrons. The van der Waals surface area contributed by atoms with Crippen LogP contribution >= 0.6 is 7.82 Å². The molecule has 0 bridgehead atoms. The predicted molar refractivity (Wildman–Crippen MR) is 305 cm³/mol. The number of unbranched alkanes of at least 4 members (excludes halogenated alkanes) is 42. The van der Waals surface area contributed by atoms with Crippen molar-refractivity contribution in [2.75, 3.05) is 40.9 Å². The number of nitrogens with zero attached hydrogens (tertiary/aromatic N) is 1. The summed E-state index contributed by atoms with van der Waals surface area (Å²) in [4.78, 5) is 23.2. The minimum absolute atomic E-state index is 0.0580. The van der Waals surface area contributed by atoms with Crippen LogP contribution in [0, 0.1) is 0 Å². The maximum atomic E-state index is 12.9. The lowest BCUT2D eigenvalue weighted by Gasteiger charge is -2.25. The lowest BCUT2D eigenvalue weighted by Crippen LogP contribution is -2.45. The van der Waals surface area contributed by atoms with Gasteiger partial charge in [-0.15, -0.1) is 0 Å². The number of aliphatic hydroxyl groups excluding tert-OH is 1. The first-order chi connectivity index (χ1) is 34.0. The van der Waals surface area contributed by atoms with E-state index in [9.17, 15) is 19.4 Å². The molecular weight excluding hydrogens is 888 g/mol. The number of hydrogen-bond donors (Lipinski definition) is 3. The molecule has 9 heteroatoms. The van der Waals surface area contributed by atoms with Crippen molar-refractivity contribution in [1.29, 1.82) is 0 Å². The first kappa shape index (κ1) is 69.0. The lowest BCUT2D eigenvalue weighted by atomic mass is 10.0. The Hall–Kier alpha value is -1.02. The molecule has 0 saturated heterocycles. The zero-order valence-corrected chi connectivity index (χ0v) is 48.4. The van der Waals surface area contributed by atoms with Crippen LogP contribution < -0.4 is 5.32 Å². The van der Waals surface area contributed by atoms with E-state index in [1.54, 1.807) is 6.08 Å². The van der Waals surface area contributed by atoms with Gasteiger partial charge in [-0.2, -0.15) is 0 Å². The average Bonchev–Trinajstić information content (AvgIpc) is 3.32. The Morgan fingerprint density at radius 2 is 0.786 bits per heavy atom. The van der Waals surface area contributed by atoms with Crippen LogP contribution in [-0.2, 0) is 18.4 Å². The van der Waals surface area contributed by atoms with Crippen molar-refractivity contribution in [3.63, 3.8) is 0 Å². The summed E-state index contributed by atoms with van der Waals surface area (Å²) in [5.74, 6) is -0.184. The van der Waals surface area contributed by atoms with Gasteiger partial charge in [0, 0.05) is 6.42 Å². The number of carbonyl (C=O) groups excluding carboxylic acids is 1. The maximum Gasteiger partial charge on any atom is 0.472 e. The second kappa shape index (κ2) is 52.8. The highest BCUT2D eigenvalue weighted by Crippen LogP contribution is 2.43. The molecule has 0 fully saturated rings. The van der Waals surface area contributed by atoms with Crippen LogP contribution in [0.15, 0.2) is 24.3 Å². The molecule has 0 saturated carbocycles. The normalized spacial score (nSPS) is 14.0. The van der Waals surface area contributed by atoms with E-state index in [0.29, 0.717) is 17.4 Å². The summed E-state index contributed by atoms with van der Waals surface area (Å²) in [5.41, 5.74) is 0. The average molecular weight is 1010 g/mol. The van der Waals surface area contributed by atoms with Crippen LogP contribution in [0.3, 0.4) is 0 Å². The largest absolute Gasteiger partial charge is 0.472 e. The van der Waals surface area contributed by atoms with E-state index in [1.165, 1.54) is 250 Å². The van der Waals surface area contributed by atoms with Gasteiger partial charge in [0.15, 0.2) is 0 Å². The van der Waals surface area contributed by atoms with Gasteiger partial charge >= 0.3 is 7.82 Å². The molecule has 0 aromatic rings. The number of phosphoric ester groups is 1. The Morgan fingerprint density at radius 1 is 0.471 bits per heavy atom. The first-order valence-corrected chi connectivity index (χ1v) is 32.2. The van der Waals surface area contributed by atoms with E-state index in [2.05, 4.69) is 31.3 Å². The van der Waals surface area contributed by atoms with E-state index in [4.69, 9.17) is 9.05 Å². The van der Waals surface area contributed by atoms with Gasteiger partial charge in [0.1, 0.15) is 13.2 Å². The van der Waals surface area contributed by atoms with E-state index < -0.39 is 20.0 Å². The molecule has 0 aliphatic heterocycles. The third-order valence-corrected chi connectivity index (χ3v) is 15.2. The number of hydrogen-bond acceptors (Lipinski definition) is 5. The SMILES string of the molecule is CCCCC/C=C/CC/C=C/C(O)C(COP(=O)(O)OCC[N+](C)(C)C)NC(=O)CCCCCCCCCCCCCCCCCCCCCCCCCCCCCCCCCCCCCCCCC. The van der Waals surface area contributed by atoms with E-state index in [0.717, 1.165) is 38.5 Å². The van der Waals surface area contributed by atoms with Crippen LogP contribution in [0.25, 0.3) is 0 Å². The number of rotatable bonds is 57. The van der Waals surface area contributed by atoms with Gasteiger partial charge < -0.3 is 19.8 Å². The molecule has 0 aromatic heterocycles. The number of likely N-dealkylation sites (N-methyl/N-ethyl adjacent to an activating group) is 1. The number of phosphoric acid groups is 1. The summed E-state index contributed by atoms with van der Waals surface area (Å²) < 4.78 is 23.6. The lowest BCUT2D eigenvalue weighted by molar-refractivity contribution is -0.870. The molecule has 1 amide bonds. The fourth-order valence-electron chi connectivity index (χ4n) is 9.36. The Morgan fingerprint density at radius 3 is 1.14 bits per heavy atom. The minimum Gasteiger partial charge on any atom is -0.387 e. The molecule has 0 rings (SSSR count). The quantitative estimate of drug-likeness (QED) is 0.0243. The van der Waals surface area contributed by atoms with Crippen LogP contribution in [-0.4, -0.2) is 73.4 Å². The molecule has 0 spiro atoms. The number of amides is 1. The van der Waals surface area contributed by atoms with Gasteiger partial charge in [0.25, 0.3) is 0 Å². The molecule has 3 atom stereocenters. The molecule has 8 nitrogen and oxygen atoms in total. The fraction of sp³-hybridized carbons (Fsp3) is 0.918. The highest BCUT2D eigenvalue weighted by atomic mass is 31.2. The number of quaternary nitrogens is 1. The standard InChI is InChI=1S/C61H121N2O6P/c1-6-8-10-12-14-16-17-18-19-20-21-22-23-24-25-26-27-28-29-30-31-32-33-34-35-36-37-38-39-40-41-42-43-44-45-47-49-51-53-55-61(65)62-59(58-69-70(66,67)68-57-56-63(3,4)5)60(64)54-52-50-48-46-15-13-11-9-7-2/h15,46,52,54,59-60,64H,6-14,16-45,47-51,53,55-58H2,1-5H3,(H-,62,65,66,67)/p+1/b46-15+,54-52+. The van der Waals surface area contributed by atoms with Gasteiger partial charge in [-0.25, -0.2) is 4.57 Å². The van der Waals surface area contributed by atoms with Crippen molar-refractivity contribution in [2.24, 2.45) is 0 Å². The number of allylic oxidation sites excluding steroid dienone is 3. The van der Waals surface area contributed by atoms with Gasteiger partial charge in [-0.05, 0) is 32.1 Å². The monoisotopic (exact) mass is 1010 g/mol. The zero-order chi connectivity index (χ0) is 51.3. The van der Waals surface area contributed by atoms with Crippen molar-refractivity contribution >= 4 is 13.7 Å². The summed E-state index contributed by atoms with van der Waals surface area (Å²) >= 11 is 0. The summed E-state index contributed by atoms with van der Waals surface area (Å²) in [6, 6.07) is -0.858. The summed E-state index contributed by atoms with van der Waals surface area (Å²) in [7, 11) is 1.56. The van der Waals surface area contributed by atoms with Crippen molar-refractivity contribution in [3.8, 4) is 0 Å². The molecular formula is C61H122N2O6P+. The first-order valence-electron chi connectivity index (χ1n) is 30.7. The van der Waals surface area contributed by atoms with E-state index in [-0.39, 0.29) is 19.1 Å². The zero-order valence-electron chi connectivity index (χ0n) is 47.5. The summed E-state index contributed by atoms with van der Waals surface area (Å²) in [6.45, 7) is 4.77. The Kier molecular flexibility index (Phi) is 52.1. The third kappa shape index (κ3) is 54.7. The molecule has 0 aromatic carbocycles. The second-order valence-corrected chi connectivity index (χ2v) is 23.9. The number of aliphatic hydroxyl groups is 1. The molecule has 0 aliphatic rings. The van der Waals surface area contributed by atoms with Gasteiger partial charge in [-0.3, -0.25) is 13.8 Å². The molecule has 3 N–H and O–H groups in total. The fourth-order valence-corrected chi connectivity index (χ4v) is 10.1. The maximum absolute atomic E-state index is 12.9. The highest BCUT2D eigenvalue weighted by Gasteiger charge is 2.27. The second-order valence-electron chi connectivity index (χ2n) is 22.4. The molecule has 70 heavy (non-hydrogen) atoms. The van der Waals surface area contributed by atoms with Gasteiger partial charge in [-0.1, -0.05) is 295 Å². The van der Waals surface area contributed by atoms with Crippen molar-refractivity contribution in [2.45, 2.75) is 321 Å². The van der Waals surface area contributed by atoms with Gasteiger partial charge in [0.05, 0.1) is 39.9 Å². The molecule has 3 unspecified atom stereocenters. The van der Waals surface area contributed by atoms with Crippen LogP contribution in [0.5, 0.6) is 0 Å². The number of nitrogens with one attached hydrogen (secondary N) is 1. The van der Waals surface area contributed by atoms with Crippen molar-refractivity contribution in [1.82, 2.24) is 5.32 Å². The van der Waals surface area contributed by atoms with Crippen LogP contribution in [0.4, 0.5) is 0 Å². The highest BCUT2D eigenvalue weighted by molar-refractivity contribution is 7.47. The topological polar surface area (TPSA) is 105 Å².